The molecule has 2 amide bonds. The van der Waals surface area contributed by atoms with Gasteiger partial charge in [0.05, 0.1) is 12.6 Å². The second-order valence-electron chi connectivity index (χ2n) is 7.17. The van der Waals surface area contributed by atoms with Crippen LogP contribution in [0, 0.1) is 0 Å². The van der Waals surface area contributed by atoms with Gasteiger partial charge in [-0.05, 0) is 55.5 Å². The summed E-state index contributed by atoms with van der Waals surface area (Å²) in [4.78, 5) is 24.7. The fourth-order valence-corrected chi connectivity index (χ4v) is 3.56. The number of benzene rings is 1. The summed E-state index contributed by atoms with van der Waals surface area (Å²) in [6.07, 6.45) is 4.44. The quantitative estimate of drug-likeness (QED) is 0.643. The first-order valence-corrected chi connectivity index (χ1v) is 9.47. The number of hydrogen-bond donors (Lipinski definition) is 3. The third-order valence-corrected chi connectivity index (χ3v) is 5.04. The summed E-state index contributed by atoms with van der Waals surface area (Å²) in [5, 5.41) is 19.7. The lowest BCUT2D eigenvalue weighted by molar-refractivity contribution is 0.118. The van der Waals surface area contributed by atoms with Gasteiger partial charge >= 0.3 is 11.7 Å². The van der Waals surface area contributed by atoms with Crippen LogP contribution in [-0.2, 0) is 6.54 Å². The standard InChI is InChI=1S/C20H23N5O3/c26-17-9-7-15(8-10-17)21-19(27)22-16-5-3-4-14(12-16)13-25-20(28)24-11-2-1-6-18(24)23-25/h1-6,11-12,15,17,26H,7-10,13H2,(H2,21,22,27). The molecule has 0 aliphatic heterocycles. The Balaban J connectivity index is 1.42. The topological polar surface area (TPSA) is 101 Å². The minimum absolute atomic E-state index is 0.0862. The maximum absolute atomic E-state index is 12.4. The monoisotopic (exact) mass is 381 g/mol. The Morgan fingerprint density at radius 2 is 1.96 bits per heavy atom. The highest BCUT2D eigenvalue weighted by Crippen LogP contribution is 2.18. The van der Waals surface area contributed by atoms with Gasteiger partial charge < -0.3 is 15.7 Å². The van der Waals surface area contributed by atoms with Crippen molar-refractivity contribution >= 4 is 17.4 Å². The predicted molar refractivity (Wildman–Crippen MR) is 105 cm³/mol. The zero-order chi connectivity index (χ0) is 19.5. The molecule has 1 aromatic carbocycles. The Kier molecular flexibility index (Phi) is 5.12. The molecule has 1 saturated carbocycles. The number of carbonyl (C=O) groups is 1. The minimum Gasteiger partial charge on any atom is -0.393 e. The van der Waals surface area contributed by atoms with Crippen molar-refractivity contribution in [1.29, 1.82) is 0 Å². The third-order valence-electron chi connectivity index (χ3n) is 5.04. The van der Waals surface area contributed by atoms with E-state index in [2.05, 4.69) is 15.7 Å². The van der Waals surface area contributed by atoms with E-state index < -0.39 is 0 Å². The molecule has 0 bridgehead atoms. The molecule has 0 saturated heterocycles. The molecule has 2 aromatic heterocycles. The first-order valence-electron chi connectivity index (χ1n) is 9.47. The molecule has 0 atom stereocenters. The van der Waals surface area contributed by atoms with Crippen LogP contribution in [0.2, 0.25) is 0 Å². The van der Waals surface area contributed by atoms with Crippen molar-refractivity contribution in [3.8, 4) is 0 Å². The van der Waals surface area contributed by atoms with E-state index in [0.717, 1.165) is 18.4 Å². The summed E-state index contributed by atoms with van der Waals surface area (Å²) in [6.45, 7) is 0.318. The Labute approximate surface area is 161 Å². The summed E-state index contributed by atoms with van der Waals surface area (Å²) in [6, 6.07) is 12.6. The van der Waals surface area contributed by atoms with E-state index in [9.17, 15) is 14.7 Å². The molecule has 0 spiro atoms. The van der Waals surface area contributed by atoms with E-state index in [-0.39, 0.29) is 23.9 Å². The second kappa shape index (κ2) is 7.85. The lowest BCUT2D eigenvalue weighted by Crippen LogP contribution is -2.40. The maximum atomic E-state index is 12.4. The van der Waals surface area contributed by atoms with Crippen LogP contribution in [0.4, 0.5) is 10.5 Å². The summed E-state index contributed by atoms with van der Waals surface area (Å²) in [5.41, 5.74) is 1.91. The van der Waals surface area contributed by atoms with Gasteiger partial charge in [-0.3, -0.25) is 4.40 Å². The minimum atomic E-state index is -0.261. The van der Waals surface area contributed by atoms with Crippen LogP contribution in [0.5, 0.6) is 0 Å². The number of nitrogens with zero attached hydrogens (tertiary/aromatic N) is 3. The second-order valence-corrected chi connectivity index (χ2v) is 7.17. The molecule has 146 valence electrons. The van der Waals surface area contributed by atoms with Crippen LogP contribution < -0.4 is 16.3 Å². The average Bonchev–Trinajstić information content (AvgIpc) is 3.00. The number of amides is 2. The number of rotatable bonds is 4. The lowest BCUT2D eigenvalue weighted by atomic mass is 9.93. The van der Waals surface area contributed by atoms with Crippen LogP contribution in [0.1, 0.15) is 31.2 Å². The van der Waals surface area contributed by atoms with Crippen LogP contribution >= 0.6 is 0 Å². The number of aliphatic hydroxyl groups is 1. The van der Waals surface area contributed by atoms with Crippen molar-refractivity contribution in [2.24, 2.45) is 0 Å². The number of aromatic nitrogens is 3. The first-order chi connectivity index (χ1) is 13.6. The maximum Gasteiger partial charge on any atom is 0.350 e. The van der Waals surface area contributed by atoms with Gasteiger partial charge in [-0.15, -0.1) is 5.10 Å². The first kappa shape index (κ1) is 18.2. The Hall–Kier alpha value is -3.13. The number of nitrogens with one attached hydrogen (secondary N) is 2. The van der Waals surface area contributed by atoms with Crippen LogP contribution in [0.25, 0.3) is 5.65 Å². The largest absolute Gasteiger partial charge is 0.393 e. The summed E-state index contributed by atoms with van der Waals surface area (Å²) in [5.74, 6) is 0. The number of aliphatic hydroxyl groups excluding tert-OH is 1. The normalized spacial score (nSPS) is 19.5. The third kappa shape index (κ3) is 4.07. The molecule has 4 rings (SSSR count). The molecular formula is C20H23N5O3. The fraction of sp³-hybridized carbons (Fsp3) is 0.350. The highest BCUT2D eigenvalue weighted by Gasteiger charge is 2.20. The fourth-order valence-electron chi connectivity index (χ4n) is 3.56. The van der Waals surface area contributed by atoms with Crippen LogP contribution in [0.15, 0.2) is 53.5 Å². The van der Waals surface area contributed by atoms with Gasteiger partial charge in [0.25, 0.3) is 0 Å². The molecule has 1 aliphatic carbocycles. The molecule has 3 N–H and O–H groups in total. The van der Waals surface area contributed by atoms with Crippen molar-refractivity contribution < 1.29 is 9.90 Å². The Morgan fingerprint density at radius 1 is 1.14 bits per heavy atom. The van der Waals surface area contributed by atoms with Gasteiger partial charge in [0, 0.05) is 17.9 Å². The van der Waals surface area contributed by atoms with Gasteiger partial charge in [0.1, 0.15) is 0 Å². The highest BCUT2D eigenvalue weighted by atomic mass is 16.3. The number of carbonyl (C=O) groups excluding carboxylic acids is 1. The molecule has 28 heavy (non-hydrogen) atoms. The molecule has 1 fully saturated rings. The van der Waals surface area contributed by atoms with Crippen molar-refractivity contribution in [2.75, 3.05) is 5.32 Å². The van der Waals surface area contributed by atoms with E-state index in [4.69, 9.17) is 0 Å². The predicted octanol–water partition coefficient (Wildman–Crippen LogP) is 1.97. The summed E-state index contributed by atoms with van der Waals surface area (Å²) >= 11 is 0. The number of pyridine rings is 1. The van der Waals surface area contributed by atoms with E-state index in [0.29, 0.717) is 30.7 Å². The number of fused-ring (bicyclic) bond motifs is 1. The Bertz CT molecular complexity index is 1030. The lowest BCUT2D eigenvalue weighted by Gasteiger charge is -2.26. The van der Waals surface area contributed by atoms with Gasteiger partial charge in [0.2, 0.25) is 0 Å². The average molecular weight is 381 g/mol. The molecular weight excluding hydrogens is 358 g/mol. The Morgan fingerprint density at radius 3 is 2.75 bits per heavy atom. The molecule has 0 unspecified atom stereocenters. The van der Waals surface area contributed by atoms with E-state index in [1.807, 2.05) is 24.3 Å². The van der Waals surface area contributed by atoms with Crippen LogP contribution in [0.3, 0.4) is 0 Å². The molecule has 8 nitrogen and oxygen atoms in total. The van der Waals surface area contributed by atoms with Gasteiger partial charge in [-0.1, -0.05) is 18.2 Å². The SMILES string of the molecule is O=C(Nc1cccc(Cn2nc3ccccn3c2=O)c1)NC1CCC(O)CC1. The molecule has 3 aromatic rings. The molecule has 1 aliphatic rings. The van der Waals surface area contributed by atoms with Crippen molar-refractivity contribution in [1.82, 2.24) is 19.5 Å². The zero-order valence-electron chi connectivity index (χ0n) is 15.4. The summed E-state index contributed by atoms with van der Waals surface area (Å²) in [7, 11) is 0. The van der Waals surface area contributed by atoms with Crippen molar-refractivity contribution in [3.63, 3.8) is 0 Å². The van der Waals surface area contributed by atoms with Crippen molar-refractivity contribution in [3.05, 3.63) is 64.7 Å². The summed E-state index contributed by atoms with van der Waals surface area (Å²) < 4.78 is 2.90. The van der Waals surface area contributed by atoms with Gasteiger partial charge in [-0.2, -0.15) is 0 Å². The highest BCUT2D eigenvalue weighted by molar-refractivity contribution is 5.89. The van der Waals surface area contributed by atoms with E-state index in [1.54, 1.807) is 24.4 Å². The molecule has 8 heteroatoms. The van der Waals surface area contributed by atoms with E-state index >= 15 is 0 Å². The van der Waals surface area contributed by atoms with Gasteiger partial charge in [0.15, 0.2) is 5.65 Å². The van der Waals surface area contributed by atoms with Crippen LogP contribution in [-0.4, -0.2) is 37.5 Å². The number of hydrogen-bond acceptors (Lipinski definition) is 4. The zero-order valence-corrected chi connectivity index (χ0v) is 15.4. The molecule has 0 radical (unpaired) electrons. The van der Waals surface area contributed by atoms with E-state index in [1.165, 1.54) is 9.08 Å². The smallest absolute Gasteiger partial charge is 0.350 e. The number of urea groups is 1. The van der Waals surface area contributed by atoms with Gasteiger partial charge in [-0.25, -0.2) is 14.3 Å². The molecule has 2 heterocycles. The van der Waals surface area contributed by atoms with Crippen molar-refractivity contribution in [2.45, 2.75) is 44.4 Å². The number of anilines is 1.